The van der Waals surface area contributed by atoms with E-state index in [-0.39, 0.29) is 12.5 Å². The third-order valence-corrected chi connectivity index (χ3v) is 9.53. The van der Waals surface area contributed by atoms with E-state index < -0.39 is 46.5 Å². The van der Waals surface area contributed by atoms with Crippen molar-refractivity contribution in [2.24, 2.45) is 16.7 Å². The lowest BCUT2D eigenvalue weighted by atomic mass is 9.44. The minimum atomic E-state index is -1.68. The average Bonchev–Trinajstić information content (AvgIpc) is 3.39. The standard InChI is InChI=1S/C34H36O7/c1-22-12-11-17-26-32(2,19-18-23-20-27(35)39-21-23)34(4,38)29(41-31(37)25-15-9-6-10-16-25)28(33(22,26)3)40-30(36)24-13-7-5-8-14-24/h5-10,12-16,18-20,26,28-29,38H,11,17,21H2,1-4H3/t26-,28+,29+,32-,33+,34+/m1/s1. The van der Waals surface area contributed by atoms with Crippen LogP contribution in [-0.4, -0.2) is 47.4 Å². The van der Waals surface area contributed by atoms with Gasteiger partial charge in [-0.05, 0) is 62.4 Å². The molecule has 1 N–H and O–H groups in total. The van der Waals surface area contributed by atoms with Crippen molar-refractivity contribution >= 4 is 17.9 Å². The fraction of sp³-hybridized carbons (Fsp3) is 0.382. The van der Waals surface area contributed by atoms with E-state index in [0.29, 0.717) is 23.1 Å². The van der Waals surface area contributed by atoms with Crippen molar-refractivity contribution in [2.45, 2.75) is 58.3 Å². The van der Waals surface area contributed by atoms with Crippen molar-refractivity contribution in [1.29, 1.82) is 0 Å². The third kappa shape index (κ3) is 4.93. The highest BCUT2D eigenvalue weighted by atomic mass is 16.6. The molecule has 2 aromatic rings. The van der Waals surface area contributed by atoms with E-state index in [1.165, 1.54) is 6.08 Å². The first-order valence-electron chi connectivity index (χ1n) is 14.0. The topological polar surface area (TPSA) is 99.1 Å². The molecule has 7 heteroatoms. The number of carbonyl (C=O) groups excluding carboxylic acids is 3. The molecule has 0 radical (unpaired) electrons. The van der Waals surface area contributed by atoms with Gasteiger partial charge in [-0.25, -0.2) is 14.4 Å². The Morgan fingerprint density at radius 2 is 1.49 bits per heavy atom. The highest BCUT2D eigenvalue weighted by Crippen LogP contribution is 2.63. The van der Waals surface area contributed by atoms with E-state index in [9.17, 15) is 19.5 Å². The van der Waals surface area contributed by atoms with Gasteiger partial charge in [-0.15, -0.1) is 0 Å². The summed E-state index contributed by atoms with van der Waals surface area (Å²) in [5.74, 6) is -1.80. The van der Waals surface area contributed by atoms with Gasteiger partial charge >= 0.3 is 17.9 Å². The fourth-order valence-electron chi connectivity index (χ4n) is 6.80. The van der Waals surface area contributed by atoms with Gasteiger partial charge in [0.25, 0.3) is 0 Å². The molecule has 41 heavy (non-hydrogen) atoms. The maximum Gasteiger partial charge on any atom is 0.338 e. The summed E-state index contributed by atoms with van der Waals surface area (Å²) in [6.45, 7) is 7.76. The van der Waals surface area contributed by atoms with E-state index in [1.807, 2.05) is 32.9 Å². The van der Waals surface area contributed by atoms with Crippen LogP contribution in [-0.2, 0) is 19.0 Å². The summed E-state index contributed by atoms with van der Waals surface area (Å²) in [7, 11) is 0. The Labute approximate surface area is 240 Å². The smallest absolute Gasteiger partial charge is 0.338 e. The largest absolute Gasteiger partial charge is 0.458 e. The second-order valence-electron chi connectivity index (χ2n) is 11.8. The Hall–Kier alpha value is -3.97. The number of ether oxygens (including phenoxy) is 3. The number of hydrogen-bond donors (Lipinski definition) is 1. The van der Waals surface area contributed by atoms with Crippen LogP contribution >= 0.6 is 0 Å². The molecule has 6 atom stereocenters. The molecule has 214 valence electrons. The predicted octanol–water partition coefficient (Wildman–Crippen LogP) is 5.61. The summed E-state index contributed by atoms with van der Waals surface area (Å²) in [5.41, 5.74) is -1.06. The van der Waals surface area contributed by atoms with E-state index in [0.717, 1.165) is 12.0 Å². The van der Waals surface area contributed by atoms with Gasteiger partial charge in [-0.2, -0.15) is 0 Å². The molecule has 1 heterocycles. The van der Waals surface area contributed by atoms with Crippen molar-refractivity contribution in [3.63, 3.8) is 0 Å². The molecule has 2 aromatic carbocycles. The normalized spacial score (nSPS) is 32.9. The first-order chi connectivity index (χ1) is 19.5. The molecule has 5 rings (SSSR count). The van der Waals surface area contributed by atoms with Crippen molar-refractivity contribution < 1.29 is 33.7 Å². The summed E-state index contributed by atoms with van der Waals surface area (Å²) in [5, 5.41) is 12.5. The van der Waals surface area contributed by atoms with Crippen LogP contribution in [0.5, 0.6) is 0 Å². The molecule has 0 bridgehead atoms. The summed E-state index contributed by atoms with van der Waals surface area (Å²) >= 11 is 0. The van der Waals surface area contributed by atoms with Crippen LogP contribution < -0.4 is 0 Å². The summed E-state index contributed by atoms with van der Waals surface area (Å²) in [4.78, 5) is 38.7. The van der Waals surface area contributed by atoms with Crippen molar-refractivity contribution in [3.8, 4) is 0 Å². The molecule has 0 aromatic heterocycles. The van der Waals surface area contributed by atoms with Gasteiger partial charge in [-0.1, -0.05) is 74.0 Å². The zero-order valence-electron chi connectivity index (χ0n) is 23.8. The van der Waals surface area contributed by atoms with Gasteiger partial charge in [-0.3, -0.25) is 0 Å². The summed E-state index contributed by atoms with van der Waals surface area (Å²) < 4.78 is 17.5. The van der Waals surface area contributed by atoms with Crippen LogP contribution in [0.1, 0.15) is 61.3 Å². The highest BCUT2D eigenvalue weighted by molar-refractivity contribution is 5.90. The second kappa shape index (κ2) is 10.8. The number of cyclic esters (lactones) is 1. The number of aliphatic hydroxyl groups is 1. The van der Waals surface area contributed by atoms with Gasteiger partial charge in [0.2, 0.25) is 0 Å². The minimum Gasteiger partial charge on any atom is -0.458 e. The number of carbonyl (C=O) groups is 3. The SMILES string of the molecule is CC1=CCC[C@H]2[C@@]1(C)[C@@H](OC(=O)c1ccccc1)[C@H](OC(=O)c1ccccc1)[C@](C)(O)[C@]2(C)C=CC1=CC(=O)OC1. The monoisotopic (exact) mass is 556 g/mol. The summed E-state index contributed by atoms with van der Waals surface area (Å²) in [6.07, 6.45) is 6.54. The number of hydrogen-bond acceptors (Lipinski definition) is 7. The summed E-state index contributed by atoms with van der Waals surface area (Å²) in [6, 6.07) is 17.2. The van der Waals surface area contributed by atoms with Gasteiger partial charge < -0.3 is 19.3 Å². The van der Waals surface area contributed by atoms with Crippen molar-refractivity contribution in [1.82, 2.24) is 0 Å². The molecule has 2 aliphatic carbocycles. The molecular formula is C34H36O7. The number of benzene rings is 2. The fourth-order valence-corrected chi connectivity index (χ4v) is 6.80. The highest BCUT2D eigenvalue weighted by Gasteiger charge is 2.69. The predicted molar refractivity (Wildman–Crippen MR) is 153 cm³/mol. The Morgan fingerprint density at radius 3 is 2.02 bits per heavy atom. The quantitative estimate of drug-likeness (QED) is 0.281. The zero-order valence-corrected chi connectivity index (χ0v) is 23.8. The van der Waals surface area contributed by atoms with E-state index >= 15 is 0 Å². The Morgan fingerprint density at radius 1 is 0.927 bits per heavy atom. The van der Waals surface area contributed by atoms with Gasteiger partial charge in [0, 0.05) is 16.9 Å². The lowest BCUT2D eigenvalue weighted by Crippen LogP contribution is -2.72. The molecule has 7 nitrogen and oxygen atoms in total. The minimum absolute atomic E-state index is 0.151. The first kappa shape index (κ1) is 28.6. The van der Waals surface area contributed by atoms with Crippen LogP contribution in [0.2, 0.25) is 0 Å². The third-order valence-electron chi connectivity index (χ3n) is 9.53. The molecular weight excluding hydrogens is 520 g/mol. The Balaban J connectivity index is 1.64. The molecule has 1 saturated carbocycles. The number of allylic oxidation sites excluding steroid dienone is 1. The molecule has 0 spiro atoms. The van der Waals surface area contributed by atoms with E-state index in [2.05, 4.69) is 6.08 Å². The van der Waals surface area contributed by atoms with Crippen LogP contribution in [0.4, 0.5) is 0 Å². The Bertz CT molecular complexity index is 1420. The lowest BCUT2D eigenvalue weighted by Gasteiger charge is -2.64. The van der Waals surface area contributed by atoms with Crippen molar-refractivity contribution in [2.75, 3.05) is 6.61 Å². The molecule has 0 saturated heterocycles. The number of fused-ring (bicyclic) bond motifs is 1. The van der Waals surface area contributed by atoms with Crippen molar-refractivity contribution in [3.05, 3.63) is 107 Å². The molecule has 0 amide bonds. The van der Waals surface area contributed by atoms with E-state index in [1.54, 1.807) is 67.6 Å². The number of rotatable bonds is 6. The van der Waals surface area contributed by atoms with Gasteiger partial charge in [0.05, 0.1) is 11.1 Å². The van der Waals surface area contributed by atoms with Crippen LogP contribution in [0.15, 0.2) is 96.1 Å². The zero-order chi connectivity index (χ0) is 29.4. The molecule has 3 aliphatic rings. The number of esters is 3. The van der Waals surface area contributed by atoms with Crippen LogP contribution in [0.3, 0.4) is 0 Å². The van der Waals surface area contributed by atoms with Gasteiger partial charge in [0.1, 0.15) is 12.2 Å². The maximum absolute atomic E-state index is 13.5. The maximum atomic E-state index is 13.5. The van der Waals surface area contributed by atoms with Crippen LogP contribution in [0.25, 0.3) is 0 Å². The lowest BCUT2D eigenvalue weighted by molar-refractivity contribution is -0.251. The average molecular weight is 557 g/mol. The second-order valence-corrected chi connectivity index (χ2v) is 11.8. The van der Waals surface area contributed by atoms with Crippen LogP contribution in [0, 0.1) is 16.7 Å². The first-order valence-corrected chi connectivity index (χ1v) is 14.0. The Kier molecular flexibility index (Phi) is 7.51. The molecule has 1 fully saturated rings. The van der Waals surface area contributed by atoms with E-state index in [4.69, 9.17) is 14.2 Å². The van der Waals surface area contributed by atoms with Gasteiger partial charge in [0.15, 0.2) is 12.2 Å². The molecule has 1 aliphatic heterocycles. The molecule has 0 unspecified atom stereocenters.